The van der Waals surface area contributed by atoms with Crippen LogP contribution in [0, 0.1) is 0 Å². The van der Waals surface area contributed by atoms with E-state index in [2.05, 4.69) is 217 Å². The van der Waals surface area contributed by atoms with Gasteiger partial charge in [0.15, 0.2) is 0 Å². The Kier molecular flexibility index (Phi) is 7.48. The van der Waals surface area contributed by atoms with Crippen molar-refractivity contribution in [2.24, 2.45) is 0 Å². The molecule has 1 aromatic heterocycles. The first-order valence-corrected chi connectivity index (χ1v) is 20.3. The van der Waals surface area contributed by atoms with Crippen molar-refractivity contribution in [2.45, 2.75) is 5.41 Å². The lowest BCUT2D eigenvalue weighted by molar-refractivity contribution is 0.669. The Morgan fingerprint density at radius 3 is 1.71 bits per heavy atom. The molecule has 59 heavy (non-hydrogen) atoms. The van der Waals surface area contributed by atoms with Crippen molar-refractivity contribution in [3.8, 4) is 22.3 Å². The minimum absolute atomic E-state index is 0.432. The minimum Gasteiger partial charge on any atom is -0.456 e. The van der Waals surface area contributed by atoms with Crippen molar-refractivity contribution in [2.75, 3.05) is 4.90 Å². The van der Waals surface area contributed by atoms with Gasteiger partial charge in [0.25, 0.3) is 0 Å². The molecule has 10 aromatic carbocycles. The number of hydrogen-bond donors (Lipinski definition) is 0. The predicted octanol–water partition coefficient (Wildman–Crippen LogP) is 15.4. The van der Waals surface area contributed by atoms with E-state index >= 15 is 0 Å². The average molecular weight is 752 g/mol. The second-order valence-corrected chi connectivity index (χ2v) is 15.6. The van der Waals surface area contributed by atoms with Crippen molar-refractivity contribution in [3.05, 3.63) is 247 Å². The number of benzene rings is 10. The summed E-state index contributed by atoms with van der Waals surface area (Å²) in [5.74, 6) is 0. The summed E-state index contributed by atoms with van der Waals surface area (Å²) in [6.45, 7) is 0. The molecule has 0 unspecified atom stereocenters. The molecular formula is C57H37NO. The number of furan rings is 1. The monoisotopic (exact) mass is 751 g/mol. The van der Waals surface area contributed by atoms with Crippen molar-refractivity contribution in [3.63, 3.8) is 0 Å². The van der Waals surface area contributed by atoms with Gasteiger partial charge in [0.1, 0.15) is 11.2 Å². The number of nitrogens with zero attached hydrogens (tertiary/aromatic N) is 1. The van der Waals surface area contributed by atoms with E-state index in [-0.39, 0.29) is 0 Å². The molecule has 1 heterocycles. The highest BCUT2D eigenvalue weighted by molar-refractivity contribution is 6.15. The maximum atomic E-state index is 6.48. The van der Waals surface area contributed by atoms with Gasteiger partial charge in [-0.15, -0.1) is 0 Å². The minimum atomic E-state index is -0.432. The van der Waals surface area contributed by atoms with Gasteiger partial charge in [-0.25, -0.2) is 0 Å². The molecule has 2 heteroatoms. The Morgan fingerprint density at radius 1 is 0.339 bits per heavy atom. The van der Waals surface area contributed by atoms with Crippen LogP contribution in [0.5, 0.6) is 0 Å². The van der Waals surface area contributed by atoms with Gasteiger partial charge in [0.05, 0.1) is 11.1 Å². The lowest BCUT2D eigenvalue weighted by Gasteiger charge is -2.34. The maximum absolute atomic E-state index is 6.48. The first-order chi connectivity index (χ1) is 29.3. The third-order valence-corrected chi connectivity index (χ3v) is 12.5. The summed E-state index contributed by atoms with van der Waals surface area (Å²) < 4.78 is 6.48. The average Bonchev–Trinajstić information content (AvgIpc) is 3.83. The van der Waals surface area contributed by atoms with Gasteiger partial charge in [-0.3, -0.25) is 0 Å². The van der Waals surface area contributed by atoms with Crippen LogP contribution < -0.4 is 4.90 Å². The van der Waals surface area contributed by atoms with Crippen LogP contribution in [-0.4, -0.2) is 0 Å². The molecule has 11 aromatic rings. The Labute approximate surface area is 342 Å². The number of hydrogen-bond acceptors (Lipinski definition) is 2. The van der Waals surface area contributed by atoms with Gasteiger partial charge in [-0.05, 0) is 97.1 Å². The first-order valence-electron chi connectivity index (χ1n) is 20.3. The Morgan fingerprint density at radius 2 is 0.932 bits per heavy atom. The standard InChI is InChI=1S/C57H37NO/c1-2-17-41(18-3-1)57(52-26-11-8-22-47(52)48-23-9-12-27-53(48)57)42-31-29-38(30-32-42)39-16-14-19-43(35-39)58(44-33-34-51-50-25-10-13-28-55(50)59-56(51)37-44)54-36-40-15-4-5-20-45(40)46-21-6-7-24-49(46)54/h1-37H. The molecule has 0 saturated carbocycles. The van der Waals surface area contributed by atoms with Crippen LogP contribution in [-0.2, 0) is 5.41 Å². The topological polar surface area (TPSA) is 16.4 Å². The molecule has 1 aliphatic carbocycles. The van der Waals surface area contributed by atoms with Gasteiger partial charge in [0, 0.05) is 33.6 Å². The summed E-state index contributed by atoms with van der Waals surface area (Å²) in [5.41, 5.74) is 14.6. The molecule has 0 fully saturated rings. The molecule has 2 nitrogen and oxygen atoms in total. The molecule has 0 aliphatic heterocycles. The third kappa shape index (κ3) is 5.06. The molecule has 0 saturated heterocycles. The van der Waals surface area contributed by atoms with Crippen molar-refractivity contribution in [1.29, 1.82) is 0 Å². The summed E-state index contributed by atoms with van der Waals surface area (Å²) in [6, 6.07) is 81.8. The molecule has 276 valence electrons. The fourth-order valence-corrected chi connectivity index (χ4v) is 9.95. The molecule has 0 bridgehead atoms. The summed E-state index contributed by atoms with van der Waals surface area (Å²) >= 11 is 0. The second kappa shape index (κ2) is 13.2. The highest BCUT2D eigenvalue weighted by Crippen LogP contribution is 2.56. The second-order valence-electron chi connectivity index (χ2n) is 15.6. The Balaban J connectivity index is 1.03. The van der Waals surface area contributed by atoms with E-state index in [0.717, 1.165) is 50.1 Å². The maximum Gasteiger partial charge on any atom is 0.137 e. The van der Waals surface area contributed by atoms with Crippen LogP contribution in [0.25, 0.3) is 65.7 Å². The molecular weight excluding hydrogens is 715 g/mol. The van der Waals surface area contributed by atoms with E-state index in [4.69, 9.17) is 4.42 Å². The Bertz CT molecular complexity index is 3350. The third-order valence-electron chi connectivity index (χ3n) is 12.5. The SMILES string of the molecule is c1ccc(C2(c3ccc(-c4cccc(N(c5ccc6c(c5)oc5ccccc56)c5cc6ccccc6c6ccccc56)c4)cc3)c3ccccc3-c3ccccc32)cc1. The smallest absolute Gasteiger partial charge is 0.137 e. The summed E-state index contributed by atoms with van der Waals surface area (Å²) in [7, 11) is 0. The fraction of sp³-hybridized carbons (Fsp3) is 0.0175. The Hall–Kier alpha value is -7.68. The summed E-state index contributed by atoms with van der Waals surface area (Å²) in [5, 5.41) is 7.10. The largest absolute Gasteiger partial charge is 0.456 e. The predicted molar refractivity (Wildman–Crippen MR) is 246 cm³/mol. The van der Waals surface area contributed by atoms with Crippen molar-refractivity contribution in [1.82, 2.24) is 0 Å². The zero-order valence-corrected chi connectivity index (χ0v) is 32.2. The van der Waals surface area contributed by atoms with Crippen LogP contribution >= 0.6 is 0 Å². The molecule has 0 radical (unpaired) electrons. The molecule has 0 atom stereocenters. The van der Waals surface area contributed by atoms with Gasteiger partial charge < -0.3 is 9.32 Å². The van der Waals surface area contributed by atoms with Crippen molar-refractivity contribution < 1.29 is 4.42 Å². The van der Waals surface area contributed by atoms with E-state index in [9.17, 15) is 0 Å². The van der Waals surface area contributed by atoms with Crippen LogP contribution in [0.4, 0.5) is 17.1 Å². The number of para-hydroxylation sites is 1. The molecule has 0 spiro atoms. The normalized spacial score (nSPS) is 12.9. The highest BCUT2D eigenvalue weighted by atomic mass is 16.3. The summed E-state index contributed by atoms with van der Waals surface area (Å²) in [4.78, 5) is 2.40. The van der Waals surface area contributed by atoms with Crippen LogP contribution in [0.2, 0.25) is 0 Å². The van der Waals surface area contributed by atoms with Gasteiger partial charge in [-0.1, -0.05) is 182 Å². The number of fused-ring (bicyclic) bond motifs is 9. The quantitative estimate of drug-likeness (QED) is 0.157. The number of rotatable bonds is 6. The first kappa shape index (κ1) is 33.5. The van der Waals surface area contributed by atoms with E-state index in [1.807, 2.05) is 12.1 Å². The molecule has 0 N–H and O–H groups in total. The molecule has 1 aliphatic rings. The number of anilines is 3. The highest BCUT2D eigenvalue weighted by Gasteiger charge is 2.45. The molecule has 0 amide bonds. The summed E-state index contributed by atoms with van der Waals surface area (Å²) in [6.07, 6.45) is 0. The van der Waals surface area contributed by atoms with Crippen LogP contribution in [0.15, 0.2) is 229 Å². The van der Waals surface area contributed by atoms with Crippen molar-refractivity contribution >= 4 is 60.5 Å². The van der Waals surface area contributed by atoms with Crippen LogP contribution in [0.1, 0.15) is 22.3 Å². The zero-order valence-electron chi connectivity index (χ0n) is 32.2. The van der Waals surface area contributed by atoms with E-state index in [1.54, 1.807) is 0 Å². The van der Waals surface area contributed by atoms with E-state index in [0.29, 0.717) is 0 Å². The van der Waals surface area contributed by atoms with Gasteiger partial charge in [-0.2, -0.15) is 0 Å². The molecule has 12 rings (SSSR count). The fourth-order valence-electron chi connectivity index (χ4n) is 9.95. The van der Waals surface area contributed by atoms with E-state index in [1.165, 1.54) is 54.9 Å². The van der Waals surface area contributed by atoms with Gasteiger partial charge >= 0.3 is 0 Å². The lowest BCUT2D eigenvalue weighted by atomic mass is 9.67. The van der Waals surface area contributed by atoms with E-state index < -0.39 is 5.41 Å². The van der Waals surface area contributed by atoms with Gasteiger partial charge in [0.2, 0.25) is 0 Å². The lowest BCUT2D eigenvalue weighted by Crippen LogP contribution is -2.28. The zero-order chi connectivity index (χ0) is 38.9. The van der Waals surface area contributed by atoms with Crippen LogP contribution in [0.3, 0.4) is 0 Å².